The number of hydrogen-bond acceptors (Lipinski definition) is 0. The zero-order chi connectivity index (χ0) is 35.8. The van der Waals surface area contributed by atoms with Gasteiger partial charge in [0.25, 0.3) is 0 Å². The molecule has 0 saturated heterocycles. The third-order valence-electron chi connectivity index (χ3n) is 10.8. The minimum Gasteiger partial charge on any atom is -0.0622 e. The number of benzene rings is 10. The van der Waals surface area contributed by atoms with Crippen LogP contribution in [0.2, 0.25) is 0 Å². The van der Waals surface area contributed by atoms with E-state index >= 15 is 0 Å². The maximum Gasteiger partial charge on any atom is -0.00261 e. The summed E-state index contributed by atoms with van der Waals surface area (Å²) in [5, 5.41) is 7.50. The quantitative estimate of drug-likeness (QED) is 0.153. The fraction of sp³-hybridized carbons (Fsp3) is 0. The zero-order valence-electron chi connectivity index (χ0n) is 29.8. The number of hydrogen-bond donors (Lipinski definition) is 0. The van der Waals surface area contributed by atoms with Gasteiger partial charge < -0.3 is 0 Å². The third-order valence-corrected chi connectivity index (χ3v) is 10.8. The van der Waals surface area contributed by atoms with E-state index in [1.165, 1.54) is 99.1 Å². The lowest BCUT2D eigenvalue weighted by atomic mass is 9.84. The molecule has 0 atom stereocenters. The van der Waals surface area contributed by atoms with Gasteiger partial charge >= 0.3 is 0 Å². The molecular formula is C54H36. The Bertz CT molecular complexity index is 2830. The average molecular weight is 685 g/mol. The molecule has 0 fully saturated rings. The Labute approximate surface area is 316 Å². The molecule has 54 heavy (non-hydrogen) atoms. The molecule has 0 heteroatoms. The maximum absolute atomic E-state index is 2.44. The van der Waals surface area contributed by atoms with Crippen molar-refractivity contribution in [3.8, 4) is 66.8 Å². The van der Waals surface area contributed by atoms with Gasteiger partial charge in [-0.05, 0) is 135 Å². The molecule has 10 aromatic rings. The fourth-order valence-electron chi connectivity index (χ4n) is 8.28. The first-order valence-corrected chi connectivity index (χ1v) is 18.7. The minimum atomic E-state index is 1.20. The lowest BCUT2D eigenvalue weighted by molar-refractivity contribution is 1.57. The topological polar surface area (TPSA) is 0 Å². The van der Waals surface area contributed by atoms with Gasteiger partial charge in [-0.3, -0.25) is 0 Å². The van der Waals surface area contributed by atoms with Crippen LogP contribution in [0, 0.1) is 0 Å². The summed E-state index contributed by atoms with van der Waals surface area (Å²) >= 11 is 0. The van der Waals surface area contributed by atoms with Gasteiger partial charge in [0.2, 0.25) is 0 Å². The molecule has 0 saturated carbocycles. The summed E-state index contributed by atoms with van der Waals surface area (Å²) < 4.78 is 0. The predicted molar refractivity (Wildman–Crippen MR) is 232 cm³/mol. The summed E-state index contributed by atoms with van der Waals surface area (Å²) in [4.78, 5) is 0. The predicted octanol–water partition coefficient (Wildman–Crippen LogP) is 15.1. The Morgan fingerprint density at radius 1 is 0.185 bits per heavy atom. The summed E-state index contributed by atoms with van der Waals surface area (Å²) in [7, 11) is 0. The average Bonchev–Trinajstić information content (AvgIpc) is 3.26. The Hall–Kier alpha value is -7.02. The zero-order valence-corrected chi connectivity index (χ0v) is 29.8. The minimum absolute atomic E-state index is 1.20. The van der Waals surface area contributed by atoms with Crippen LogP contribution < -0.4 is 0 Å². The molecule has 0 radical (unpaired) electrons. The van der Waals surface area contributed by atoms with Crippen LogP contribution in [0.25, 0.3) is 99.1 Å². The van der Waals surface area contributed by atoms with Crippen molar-refractivity contribution in [3.63, 3.8) is 0 Å². The van der Waals surface area contributed by atoms with Crippen molar-refractivity contribution in [2.75, 3.05) is 0 Å². The van der Waals surface area contributed by atoms with Crippen LogP contribution in [-0.2, 0) is 0 Å². The molecule has 0 N–H and O–H groups in total. The lowest BCUT2D eigenvalue weighted by Gasteiger charge is -2.19. The second-order valence-electron chi connectivity index (χ2n) is 14.1. The van der Waals surface area contributed by atoms with Crippen molar-refractivity contribution >= 4 is 32.3 Å². The van der Waals surface area contributed by atoms with Crippen molar-refractivity contribution in [3.05, 3.63) is 218 Å². The molecule has 0 aliphatic rings. The molecule has 0 heterocycles. The fourth-order valence-corrected chi connectivity index (χ4v) is 8.28. The van der Waals surface area contributed by atoms with E-state index in [0.29, 0.717) is 0 Å². The summed E-state index contributed by atoms with van der Waals surface area (Å²) in [6.45, 7) is 0. The first kappa shape index (κ1) is 31.7. The summed E-state index contributed by atoms with van der Waals surface area (Å²) in [5.41, 5.74) is 14.7. The van der Waals surface area contributed by atoms with Crippen molar-refractivity contribution < 1.29 is 0 Å². The third kappa shape index (κ3) is 5.66. The van der Waals surface area contributed by atoms with Crippen LogP contribution in [0.3, 0.4) is 0 Å². The number of rotatable bonds is 6. The van der Waals surface area contributed by atoms with Crippen LogP contribution in [0.15, 0.2) is 218 Å². The smallest absolute Gasteiger partial charge is 0.00261 e. The molecule has 0 spiro atoms. The summed E-state index contributed by atoms with van der Waals surface area (Å²) in [6.07, 6.45) is 0. The van der Waals surface area contributed by atoms with Gasteiger partial charge in [-0.1, -0.05) is 182 Å². The van der Waals surface area contributed by atoms with Gasteiger partial charge in [0.1, 0.15) is 0 Å². The summed E-state index contributed by atoms with van der Waals surface area (Å²) in [5.74, 6) is 0. The molecule has 10 aromatic carbocycles. The monoisotopic (exact) mass is 684 g/mol. The standard InChI is InChI=1S/C54H36/c1-5-17-37(18-6-1)43-32-44(38-19-7-2-8-20-38)34-46(33-43)52-36-45(39-21-9-3-10-22-39)31-41-29-30-42(35-51(41)52)54-49-27-15-13-25-47(49)53(40-23-11-4-12-24-40)48-26-14-16-28-50(48)54/h1-36H. The van der Waals surface area contributed by atoms with Crippen LogP contribution in [0.4, 0.5) is 0 Å². The second kappa shape index (κ2) is 13.5. The highest BCUT2D eigenvalue weighted by Gasteiger charge is 2.18. The Morgan fingerprint density at radius 3 is 1.02 bits per heavy atom. The van der Waals surface area contributed by atoms with Gasteiger partial charge in [0.15, 0.2) is 0 Å². The molecule has 10 rings (SSSR count). The highest BCUT2D eigenvalue weighted by molar-refractivity contribution is 6.22. The molecule has 0 bridgehead atoms. The molecule has 0 nitrogen and oxygen atoms in total. The van der Waals surface area contributed by atoms with E-state index in [-0.39, 0.29) is 0 Å². The SMILES string of the molecule is c1ccc(-c2cc(-c3ccccc3)cc(-c3cc(-c4ccccc4)cc4ccc(-c5c6ccccc6c(-c6ccccc6)c6ccccc56)cc34)c2)cc1. The van der Waals surface area contributed by atoms with E-state index in [9.17, 15) is 0 Å². The second-order valence-corrected chi connectivity index (χ2v) is 14.1. The first-order chi connectivity index (χ1) is 26.8. The van der Waals surface area contributed by atoms with Crippen molar-refractivity contribution in [1.29, 1.82) is 0 Å². The van der Waals surface area contributed by atoms with Gasteiger partial charge in [-0.15, -0.1) is 0 Å². The van der Waals surface area contributed by atoms with Crippen LogP contribution >= 0.6 is 0 Å². The van der Waals surface area contributed by atoms with Crippen molar-refractivity contribution in [2.45, 2.75) is 0 Å². The van der Waals surface area contributed by atoms with E-state index in [4.69, 9.17) is 0 Å². The molecule has 0 aliphatic carbocycles. The lowest BCUT2D eigenvalue weighted by Crippen LogP contribution is -1.92. The highest BCUT2D eigenvalue weighted by Crippen LogP contribution is 2.45. The van der Waals surface area contributed by atoms with Gasteiger partial charge in [-0.2, -0.15) is 0 Å². The van der Waals surface area contributed by atoms with Gasteiger partial charge in [-0.25, -0.2) is 0 Å². The van der Waals surface area contributed by atoms with E-state index in [0.717, 1.165) is 0 Å². The molecule has 0 unspecified atom stereocenters. The Balaban J connectivity index is 1.27. The molecular weight excluding hydrogens is 649 g/mol. The highest BCUT2D eigenvalue weighted by atomic mass is 14.2. The first-order valence-electron chi connectivity index (χ1n) is 18.7. The molecule has 252 valence electrons. The Kier molecular flexibility index (Phi) is 7.93. The van der Waals surface area contributed by atoms with E-state index in [2.05, 4.69) is 218 Å². The van der Waals surface area contributed by atoms with E-state index in [1.807, 2.05) is 0 Å². The van der Waals surface area contributed by atoms with Gasteiger partial charge in [0, 0.05) is 0 Å². The van der Waals surface area contributed by atoms with Crippen LogP contribution in [-0.4, -0.2) is 0 Å². The summed E-state index contributed by atoms with van der Waals surface area (Å²) in [6, 6.07) is 79.8. The molecule has 0 amide bonds. The maximum atomic E-state index is 2.44. The largest absolute Gasteiger partial charge is 0.0622 e. The van der Waals surface area contributed by atoms with Gasteiger partial charge in [0.05, 0.1) is 0 Å². The van der Waals surface area contributed by atoms with Crippen LogP contribution in [0.5, 0.6) is 0 Å². The van der Waals surface area contributed by atoms with E-state index in [1.54, 1.807) is 0 Å². The van der Waals surface area contributed by atoms with Crippen molar-refractivity contribution in [1.82, 2.24) is 0 Å². The van der Waals surface area contributed by atoms with E-state index < -0.39 is 0 Å². The molecule has 0 aromatic heterocycles. The number of fused-ring (bicyclic) bond motifs is 3. The Morgan fingerprint density at radius 2 is 0.556 bits per heavy atom. The van der Waals surface area contributed by atoms with Crippen molar-refractivity contribution in [2.24, 2.45) is 0 Å². The normalized spacial score (nSPS) is 11.3. The van der Waals surface area contributed by atoms with Crippen LogP contribution in [0.1, 0.15) is 0 Å². The molecule has 0 aliphatic heterocycles.